The van der Waals surface area contributed by atoms with Crippen LogP contribution in [0.25, 0.3) is 0 Å². The standard InChI is InChI=1S/C6H4BrF2IN2/c7-2-1-3(5(8)9)12-6(10)4(2)11/h1,5H,11H2. The number of rotatable bonds is 1. The number of nitrogens with zero attached hydrogens (tertiary/aromatic N) is 1. The van der Waals surface area contributed by atoms with Crippen LogP contribution in [0.1, 0.15) is 12.1 Å². The average Bonchev–Trinajstić information content (AvgIpc) is 1.99. The Balaban J connectivity index is 3.21. The van der Waals surface area contributed by atoms with E-state index in [1.165, 1.54) is 6.07 Å². The van der Waals surface area contributed by atoms with Gasteiger partial charge in [0.1, 0.15) is 9.39 Å². The van der Waals surface area contributed by atoms with E-state index in [4.69, 9.17) is 5.73 Å². The second kappa shape index (κ2) is 3.82. The van der Waals surface area contributed by atoms with Crippen LogP contribution in [0.3, 0.4) is 0 Å². The van der Waals surface area contributed by atoms with Crippen LogP contribution >= 0.6 is 38.5 Å². The molecule has 1 heterocycles. The fourth-order valence-electron chi connectivity index (χ4n) is 0.624. The normalized spacial score (nSPS) is 10.8. The summed E-state index contributed by atoms with van der Waals surface area (Å²) in [6.45, 7) is 0. The van der Waals surface area contributed by atoms with Crippen molar-refractivity contribution < 1.29 is 8.78 Å². The molecule has 0 atom stereocenters. The van der Waals surface area contributed by atoms with Crippen LogP contribution in [0.2, 0.25) is 0 Å². The van der Waals surface area contributed by atoms with Crippen molar-refractivity contribution in [1.82, 2.24) is 4.98 Å². The summed E-state index contributed by atoms with van der Waals surface area (Å²) in [6.07, 6.45) is -2.56. The number of aromatic nitrogens is 1. The number of pyridine rings is 1. The lowest BCUT2D eigenvalue weighted by molar-refractivity contribution is 0.146. The maximum Gasteiger partial charge on any atom is 0.280 e. The van der Waals surface area contributed by atoms with Crippen molar-refractivity contribution in [3.63, 3.8) is 0 Å². The first kappa shape index (κ1) is 10.1. The Bertz CT molecular complexity index is 283. The molecule has 0 aliphatic carbocycles. The summed E-state index contributed by atoms with van der Waals surface area (Å²) in [5.74, 6) is 0. The minimum absolute atomic E-state index is 0.263. The lowest BCUT2D eigenvalue weighted by Crippen LogP contribution is -1.99. The molecule has 0 bridgehead atoms. The second-order valence-corrected chi connectivity index (χ2v) is 3.91. The van der Waals surface area contributed by atoms with E-state index in [9.17, 15) is 8.78 Å². The van der Waals surface area contributed by atoms with Gasteiger partial charge in [0.25, 0.3) is 6.43 Å². The molecule has 0 aliphatic heterocycles. The number of hydrogen-bond donors (Lipinski definition) is 1. The minimum atomic E-state index is -2.56. The molecule has 0 radical (unpaired) electrons. The van der Waals surface area contributed by atoms with Crippen molar-refractivity contribution >= 4 is 44.2 Å². The predicted molar refractivity (Wildman–Crippen MR) is 54.0 cm³/mol. The fraction of sp³-hybridized carbons (Fsp3) is 0.167. The number of halogens is 4. The molecule has 0 amide bonds. The van der Waals surface area contributed by atoms with Crippen molar-refractivity contribution in [3.8, 4) is 0 Å². The molecule has 2 N–H and O–H groups in total. The molecule has 1 rings (SSSR count). The van der Waals surface area contributed by atoms with Gasteiger partial charge in [-0.2, -0.15) is 0 Å². The second-order valence-electron chi connectivity index (χ2n) is 2.03. The van der Waals surface area contributed by atoms with Crippen molar-refractivity contribution in [2.45, 2.75) is 6.43 Å². The molecule has 66 valence electrons. The van der Waals surface area contributed by atoms with E-state index < -0.39 is 6.43 Å². The van der Waals surface area contributed by atoms with Crippen LogP contribution in [0, 0.1) is 3.70 Å². The Morgan fingerprint density at radius 3 is 2.58 bits per heavy atom. The molecule has 2 nitrogen and oxygen atoms in total. The third kappa shape index (κ3) is 2.03. The van der Waals surface area contributed by atoms with Gasteiger partial charge in [-0.05, 0) is 44.6 Å². The Labute approximate surface area is 89.8 Å². The molecule has 6 heteroatoms. The molecule has 1 aromatic rings. The van der Waals surface area contributed by atoms with Crippen molar-refractivity contribution in [2.75, 3.05) is 5.73 Å². The van der Waals surface area contributed by atoms with E-state index in [-0.39, 0.29) is 5.69 Å². The number of alkyl halides is 2. The van der Waals surface area contributed by atoms with E-state index >= 15 is 0 Å². The summed E-state index contributed by atoms with van der Waals surface area (Å²) < 4.78 is 25.1. The van der Waals surface area contributed by atoms with E-state index in [1.807, 2.05) is 22.6 Å². The van der Waals surface area contributed by atoms with Gasteiger partial charge < -0.3 is 5.73 Å². The predicted octanol–water partition coefficient (Wildman–Crippen LogP) is 2.97. The van der Waals surface area contributed by atoms with Gasteiger partial charge in [0, 0.05) is 4.47 Å². The molecule has 0 saturated heterocycles. The summed E-state index contributed by atoms with van der Waals surface area (Å²) in [4.78, 5) is 3.61. The Morgan fingerprint density at radius 1 is 1.58 bits per heavy atom. The first-order valence-corrected chi connectivity index (χ1v) is 4.79. The maximum absolute atomic E-state index is 12.1. The third-order valence-electron chi connectivity index (χ3n) is 1.20. The van der Waals surface area contributed by atoms with Crippen molar-refractivity contribution in [2.24, 2.45) is 0 Å². The van der Waals surface area contributed by atoms with Gasteiger partial charge in [0.15, 0.2) is 0 Å². The Hall–Kier alpha value is 0.0200. The smallest absolute Gasteiger partial charge is 0.280 e. The average molecular weight is 349 g/mol. The lowest BCUT2D eigenvalue weighted by atomic mass is 10.3. The zero-order valence-electron chi connectivity index (χ0n) is 5.69. The summed E-state index contributed by atoms with van der Waals surface area (Å²) >= 11 is 4.87. The van der Waals surface area contributed by atoms with Gasteiger partial charge >= 0.3 is 0 Å². The van der Waals surface area contributed by atoms with Crippen LogP contribution in [-0.4, -0.2) is 4.98 Å². The number of nitrogen functional groups attached to an aromatic ring is 1. The van der Waals surface area contributed by atoms with Gasteiger partial charge in [-0.25, -0.2) is 13.8 Å². The van der Waals surface area contributed by atoms with E-state index in [0.29, 0.717) is 13.9 Å². The summed E-state index contributed by atoms with van der Waals surface area (Å²) in [5.41, 5.74) is 5.61. The van der Waals surface area contributed by atoms with Gasteiger partial charge in [0.2, 0.25) is 0 Å². The molecule has 12 heavy (non-hydrogen) atoms. The fourth-order valence-corrected chi connectivity index (χ4v) is 1.99. The molecular weight excluding hydrogens is 345 g/mol. The first-order valence-electron chi connectivity index (χ1n) is 2.92. The minimum Gasteiger partial charge on any atom is -0.396 e. The van der Waals surface area contributed by atoms with Crippen LogP contribution < -0.4 is 5.73 Å². The highest BCUT2D eigenvalue weighted by Gasteiger charge is 2.12. The molecule has 0 saturated carbocycles. The topological polar surface area (TPSA) is 38.9 Å². The number of hydrogen-bond acceptors (Lipinski definition) is 2. The lowest BCUT2D eigenvalue weighted by Gasteiger charge is -2.04. The Kier molecular flexibility index (Phi) is 3.22. The quantitative estimate of drug-likeness (QED) is 0.626. The zero-order valence-corrected chi connectivity index (χ0v) is 9.43. The summed E-state index contributed by atoms with van der Waals surface area (Å²) in [7, 11) is 0. The highest BCUT2D eigenvalue weighted by Crippen LogP contribution is 2.28. The highest BCUT2D eigenvalue weighted by molar-refractivity contribution is 14.1. The van der Waals surface area contributed by atoms with E-state index in [0.717, 1.165) is 0 Å². The van der Waals surface area contributed by atoms with Crippen LogP contribution in [0.4, 0.5) is 14.5 Å². The summed E-state index contributed by atoms with van der Waals surface area (Å²) in [6, 6.07) is 1.22. The van der Waals surface area contributed by atoms with Crippen LogP contribution in [-0.2, 0) is 0 Å². The van der Waals surface area contributed by atoms with Gasteiger partial charge in [-0.3, -0.25) is 0 Å². The van der Waals surface area contributed by atoms with E-state index in [2.05, 4.69) is 20.9 Å². The zero-order chi connectivity index (χ0) is 9.30. The molecule has 0 spiro atoms. The largest absolute Gasteiger partial charge is 0.396 e. The van der Waals surface area contributed by atoms with Crippen LogP contribution in [0.15, 0.2) is 10.5 Å². The van der Waals surface area contributed by atoms with Gasteiger partial charge in [-0.15, -0.1) is 0 Å². The van der Waals surface area contributed by atoms with Gasteiger partial charge in [0.05, 0.1) is 5.69 Å². The SMILES string of the molecule is Nc1c(Br)cc(C(F)F)nc1I. The number of nitrogens with two attached hydrogens (primary N) is 1. The molecule has 0 unspecified atom stereocenters. The monoisotopic (exact) mass is 348 g/mol. The highest BCUT2D eigenvalue weighted by atomic mass is 127. The first-order chi connectivity index (χ1) is 5.52. The molecule has 0 fully saturated rings. The molecular formula is C6H4BrF2IN2. The van der Waals surface area contributed by atoms with Crippen molar-refractivity contribution in [3.05, 3.63) is 19.9 Å². The third-order valence-corrected chi connectivity index (χ3v) is 2.68. The van der Waals surface area contributed by atoms with Crippen LogP contribution in [0.5, 0.6) is 0 Å². The molecule has 1 aromatic heterocycles. The summed E-state index contributed by atoms with van der Waals surface area (Å²) in [5, 5.41) is 0. The molecule has 0 aromatic carbocycles. The molecule has 0 aliphatic rings. The number of anilines is 1. The van der Waals surface area contributed by atoms with Crippen molar-refractivity contribution in [1.29, 1.82) is 0 Å². The van der Waals surface area contributed by atoms with E-state index in [1.54, 1.807) is 0 Å². The van der Waals surface area contributed by atoms with Gasteiger partial charge in [-0.1, -0.05) is 0 Å². The Morgan fingerprint density at radius 2 is 2.17 bits per heavy atom. The maximum atomic E-state index is 12.1.